The third-order valence-electron chi connectivity index (χ3n) is 4.56. The second-order valence-corrected chi connectivity index (χ2v) is 8.25. The maximum absolute atomic E-state index is 12.6. The van der Waals surface area contributed by atoms with E-state index >= 15 is 0 Å². The largest absolute Gasteiger partial charge is 0.366 e. The zero-order valence-electron chi connectivity index (χ0n) is 13.4. The molecule has 1 aromatic carbocycles. The minimum Gasteiger partial charge on any atom is -0.366 e. The molecule has 0 aromatic heterocycles. The van der Waals surface area contributed by atoms with Gasteiger partial charge in [-0.15, -0.1) is 0 Å². The number of benzene rings is 1. The van der Waals surface area contributed by atoms with Gasteiger partial charge < -0.3 is 5.73 Å². The Morgan fingerprint density at radius 1 is 1.23 bits per heavy atom. The highest BCUT2D eigenvalue weighted by molar-refractivity contribution is 7.91. The average molecular weight is 323 g/mol. The topological polar surface area (TPSA) is 77.2 Å². The average Bonchev–Trinajstić information content (AvgIpc) is 2.47. The first-order valence-electron chi connectivity index (χ1n) is 8.04. The number of hydrogen-bond donors (Lipinski definition) is 1. The van der Waals surface area contributed by atoms with Crippen molar-refractivity contribution in [2.24, 2.45) is 5.73 Å². The molecule has 0 spiro atoms. The van der Waals surface area contributed by atoms with Crippen LogP contribution in [0.4, 0.5) is 0 Å². The predicted octanol–water partition coefficient (Wildman–Crippen LogP) is 3.33. The molecule has 0 radical (unpaired) electrons. The van der Waals surface area contributed by atoms with E-state index in [0.717, 1.165) is 36.8 Å². The summed E-state index contributed by atoms with van der Waals surface area (Å²) in [5.41, 5.74) is 7.47. The summed E-state index contributed by atoms with van der Waals surface area (Å²) in [4.78, 5) is 12.0. The lowest BCUT2D eigenvalue weighted by Crippen LogP contribution is -2.19. The van der Waals surface area contributed by atoms with Crippen LogP contribution in [-0.4, -0.2) is 20.1 Å². The molecule has 1 aliphatic rings. The molecule has 1 aliphatic carbocycles. The van der Waals surface area contributed by atoms with Crippen molar-refractivity contribution in [3.05, 3.63) is 28.8 Å². The van der Waals surface area contributed by atoms with Crippen molar-refractivity contribution >= 4 is 15.7 Å². The van der Waals surface area contributed by atoms with Gasteiger partial charge in [-0.05, 0) is 55.4 Å². The van der Waals surface area contributed by atoms with Crippen LogP contribution >= 0.6 is 0 Å². The standard InChI is InChI=1S/C17H25NO3S/c1-3-11-22(20,21)15-10-9-14(17(18)19)12(2)16(15)13-7-5-4-6-8-13/h9-10,13H,3-8,11H2,1-2H3,(H2,18,19). The van der Waals surface area contributed by atoms with Gasteiger partial charge in [0.1, 0.15) is 0 Å². The van der Waals surface area contributed by atoms with E-state index in [1.54, 1.807) is 12.1 Å². The highest BCUT2D eigenvalue weighted by Crippen LogP contribution is 2.39. The van der Waals surface area contributed by atoms with Gasteiger partial charge in [0.25, 0.3) is 0 Å². The molecule has 0 saturated heterocycles. The molecule has 0 bridgehead atoms. The molecule has 1 amide bonds. The summed E-state index contributed by atoms with van der Waals surface area (Å²) >= 11 is 0. The molecular formula is C17H25NO3S. The maximum Gasteiger partial charge on any atom is 0.248 e. The minimum absolute atomic E-state index is 0.141. The predicted molar refractivity (Wildman–Crippen MR) is 87.9 cm³/mol. The Morgan fingerprint density at radius 2 is 1.86 bits per heavy atom. The highest BCUT2D eigenvalue weighted by atomic mass is 32.2. The van der Waals surface area contributed by atoms with Gasteiger partial charge in [-0.3, -0.25) is 4.79 Å². The van der Waals surface area contributed by atoms with Crippen LogP contribution in [-0.2, 0) is 9.84 Å². The smallest absolute Gasteiger partial charge is 0.248 e. The van der Waals surface area contributed by atoms with Crippen LogP contribution in [0.25, 0.3) is 0 Å². The third-order valence-corrected chi connectivity index (χ3v) is 6.53. The van der Waals surface area contributed by atoms with Crippen LogP contribution in [0.3, 0.4) is 0 Å². The first-order valence-corrected chi connectivity index (χ1v) is 9.69. The van der Waals surface area contributed by atoms with E-state index in [1.165, 1.54) is 6.42 Å². The summed E-state index contributed by atoms with van der Waals surface area (Å²) in [6, 6.07) is 3.15. The van der Waals surface area contributed by atoms with Gasteiger partial charge in [0.15, 0.2) is 9.84 Å². The van der Waals surface area contributed by atoms with Crippen LogP contribution in [0.2, 0.25) is 0 Å². The van der Waals surface area contributed by atoms with Crippen molar-refractivity contribution in [3.63, 3.8) is 0 Å². The van der Waals surface area contributed by atoms with E-state index in [4.69, 9.17) is 5.73 Å². The fraction of sp³-hybridized carbons (Fsp3) is 0.588. The van der Waals surface area contributed by atoms with E-state index in [-0.39, 0.29) is 11.7 Å². The summed E-state index contributed by atoms with van der Waals surface area (Å²) in [5, 5.41) is 0. The van der Waals surface area contributed by atoms with Crippen molar-refractivity contribution < 1.29 is 13.2 Å². The molecule has 0 heterocycles. The quantitative estimate of drug-likeness (QED) is 0.903. The first-order chi connectivity index (χ1) is 10.4. The Kier molecular flexibility index (Phi) is 5.27. The number of carbonyl (C=O) groups is 1. The Labute approximate surface area is 133 Å². The Balaban J connectivity index is 2.62. The van der Waals surface area contributed by atoms with Crippen molar-refractivity contribution in [1.82, 2.24) is 0 Å². The summed E-state index contributed by atoms with van der Waals surface area (Å²) in [5.74, 6) is -0.133. The molecule has 1 saturated carbocycles. The number of nitrogens with two attached hydrogens (primary N) is 1. The number of amides is 1. The molecule has 0 atom stereocenters. The molecule has 1 aromatic rings. The van der Waals surface area contributed by atoms with Crippen LogP contribution in [0.1, 0.15) is 72.9 Å². The van der Waals surface area contributed by atoms with Gasteiger partial charge in [0, 0.05) is 5.56 Å². The SMILES string of the molecule is CCCS(=O)(=O)c1ccc(C(N)=O)c(C)c1C1CCCCC1. The molecule has 1 fully saturated rings. The van der Waals surface area contributed by atoms with Crippen molar-refractivity contribution in [3.8, 4) is 0 Å². The minimum atomic E-state index is -3.31. The third kappa shape index (κ3) is 3.35. The van der Waals surface area contributed by atoms with Crippen LogP contribution < -0.4 is 5.73 Å². The van der Waals surface area contributed by atoms with Gasteiger partial charge in [-0.2, -0.15) is 0 Å². The summed E-state index contributed by atoms with van der Waals surface area (Å²) in [7, 11) is -3.31. The second kappa shape index (κ2) is 6.82. The van der Waals surface area contributed by atoms with Gasteiger partial charge in [0.05, 0.1) is 10.6 Å². The van der Waals surface area contributed by atoms with Crippen LogP contribution in [0, 0.1) is 6.92 Å². The van der Waals surface area contributed by atoms with E-state index in [0.29, 0.717) is 16.9 Å². The van der Waals surface area contributed by atoms with Gasteiger partial charge in [-0.1, -0.05) is 26.2 Å². The van der Waals surface area contributed by atoms with Crippen molar-refractivity contribution in [2.75, 3.05) is 5.75 Å². The molecule has 0 unspecified atom stereocenters. The normalized spacial score (nSPS) is 16.6. The maximum atomic E-state index is 12.6. The van der Waals surface area contributed by atoms with E-state index in [9.17, 15) is 13.2 Å². The molecule has 4 nitrogen and oxygen atoms in total. The lowest BCUT2D eigenvalue weighted by molar-refractivity contribution is 0.0999. The fourth-order valence-corrected chi connectivity index (χ4v) is 5.21. The van der Waals surface area contributed by atoms with Crippen LogP contribution in [0.5, 0.6) is 0 Å². The summed E-state index contributed by atoms with van der Waals surface area (Å²) in [6.45, 7) is 3.69. The van der Waals surface area contributed by atoms with E-state index in [2.05, 4.69) is 0 Å². The molecular weight excluding hydrogens is 298 g/mol. The van der Waals surface area contributed by atoms with Gasteiger partial charge >= 0.3 is 0 Å². The molecule has 5 heteroatoms. The molecule has 22 heavy (non-hydrogen) atoms. The van der Waals surface area contributed by atoms with Gasteiger partial charge in [-0.25, -0.2) is 8.42 Å². The van der Waals surface area contributed by atoms with Crippen molar-refractivity contribution in [2.45, 2.75) is 63.2 Å². The number of carbonyl (C=O) groups excluding carboxylic acids is 1. The first kappa shape index (κ1) is 17.0. The second-order valence-electron chi connectivity index (χ2n) is 6.17. The summed E-state index contributed by atoms with van der Waals surface area (Å²) in [6.07, 6.45) is 5.97. The fourth-order valence-electron chi connectivity index (χ4n) is 3.52. The number of hydrogen-bond acceptors (Lipinski definition) is 3. The van der Waals surface area contributed by atoms with E-state index in [1.807, 2.05) is 13.8 Å². The highest BCUT2D eigenvalue weighted by Gasteiger charge is 2.28. The van der Waals surface area contributed by atoms with Crippen LogP contribution in [0.15, 0.2) is 17.0 Å². The monoisotopic (exact) mass is 323 g/mol. The Hall–Kier alpha value is -1.36. The zero-order valence-corrected chi connectivity index (χ0v) is 14.2. The molecule has 2 rings (SSSR count). The van der Waals surface area contributed by atoms with Crippen molar-refractivity contribution in [1.29, 1.82) is 0 Å². The lowest BCUT2D eigenvalue weighted by Gasteiger charge is -2.27. The number of primary amides is 1. The lowest BCUT2D eigenvalue weighted by atomic mass is 9.81. The molecule has 122 valence electrons. The van der Waals surface area contributed by atoms with Gasteiger partial charge in [0.2, 0.25) is 5.91 Å². The Bertz CT molecular complexity index is 659. The molecule has 2 N–H and O–H groups in total. The van der Waals surface area contributed by atoms with E-state index < -0.39 is 15.7 Å². The number of rotatable bonds is 5. The zero-order chi connectivity index (χ0) is 16.3. The Morgan fingerprint density at radius 3 is 2.41 bits per heavy atom. The number of sulfone groups is 1. The summed E-state index contributed by atoms with van der Waals surface area (Å²) < 4.78 is 25.2. The molecule has 0 aliphatic heterocycles.